The maximum Gasteiger partial charge on any atom is 0.123 e. The number of nitrogens with zero attached hydrogens (tertiary/aromatic N) is 1. The summed E-state index contributed by atoms with van der Waals surface area (Å²) in [6.45, 7) is 15.3. The van der Waals surface area contributed by atoms with Crippen molar-refractivity contribution in [1.82, 2.24) is 4.98 Å². The number of hydrogen-bond acceptors (Lipinski definition) is 3. The van der Waals surface area contributed by atoms with Gasteiger partial charge >= 0.3 is 0 Å². The largest absolute Gasteiger partial charge is 0.507 e. The van der Waals surface area contributed by atoms with Crippen LogP contribution in [0, 0.1) is 0 Å². The van der Waals surface area contributed by atoms with E-state index in [1.807, 2.05) is 11.3 Å². The van der Waals surface area contributed by atoms with E-state index in [9.17, 15) is 5.11 Å². The van der Waals surface area contributed by atoms with Crippen LogP contribution in [0.3, 0.4) is 0 Å². The van der Waals surface area contributed by atoms with E-state index in [-0.39, 0.29) is 23.2 Å². The summed E-state index contributed by atoms with van der Waals surface area (Å²) < 4.78 is 0. The van der Waals surface area contributed by atoms with E-state index in [0.29, 0.717) is 11.2 Å². The molecule has 0 bridgehead atoms. The van der Waals surface area contributed by atoms with Gasteiger partial charge in [0, 0.05) is 27.5 Å². The average Bonchev–Trinajstić information content (AvgIpc) is 3.22. The lowest BCUT2D eigenvalue weighted by atomic mass is 9.78. The van der Waals surface area contributed by atoms with Gasteiger partial charge < -0.3 is 5.11 Å². The molecule has 0 unspecified atom stereocenters. The van der Waals surface area contributed by atoms with E-state index in [4.69, 9.17) is 4.98 Å². The molecule has 1 aromatic carbocycles. The van der Waals surface area contributed by atoms with Gasteiger partial charge in [-0.1, -0.05) is 61.3 Å². The molecule has 1 aromatic heterocycles. The molecule has 156 valence electrons. The van der Waals surface area contributed by atoms with Crippen molar-refractivity contribution in [2.24, 2.45) is 0 Å². The van der Waals surface area contributed by atoms with Crippen molar-refractivity contribution in [2.45, 2.75) is 96.8 Å². The highest BCUT2D eigenvalue weighted by atomic mass is 35.5. The predicted molar refractivity (Wildman–Crippen MR) is 124 cm³/mol. The van der Waals surface area contributed by atoms with Gasteiger partial charge in [-0.25, -0.2) is 4.98 Å². The number of aromatic hydroxyl groups is 1. The van der Waals surface area contributed by atoms with Gasteiger partial charge in [-0.15, -0.1) is 23.7 Å². The molecule has 0 atom stereocenters. The van der Waals surface area contributed by atoms with Crippen molar-refractivity contribution in [3.63, 3.8) is 0 Å². The first kappa shape index (κ1) is 23.2. The van der Waals surface area contributed by atoms with Crippen molar-refractivity contribution in [3.8, 4) is 17.0 Å². The highest BCUT2D eigenvalue weighted by Gasteiger charge is 2.36. The van der Waals surface area contributed by atoms with Crippen molar-refractivity contribution >= 4 is 23.7 Å². The van der Waals surface area contributed by atoms with Crippen LogP contribution in [0.5, 0.6) is 5.75 Å². The van der Waals surface area contributed by atoms with Gasteiger partial charge in [0.1, 0.15) is 5.75 Å². The SMILES string of the molecule is CCC1(c2nc(-c3cc(C(C)(C)C)c(O)c(C(C)(C)C)c3)cs2)CCCC1.Cl. The van der Waals surface area contributed by atoms with Crippen molar-refractivity contribution in [1.29, 1.82) is 0 Å². The summed E-state index contributed by atoms with van der Waals surface area (Å²) in [5.41, 5.74) is 4.26. The molecule has 1 saturated carbocycles. The fourth-order valence-corrected chi connectivity index (χ4v) is 5.51. The van der Waals surface area contributed by atoms with Gasteiger partial charge in [-0.05, 0) is 42.2 Å². The quantitative estimate of drug-likeness (QED) is 0.549. The van der Waals surface area contributed by atoms with Gasteiger partial charge in [0.15, 0.2) is 0 Å². The van der Waals surface area contributed by atoms with Crippen molar-refractivity contribution < 1.29 is 5.11 Å². The van der Waals surface area contributed by atoms with Crippen molar-refractivity contribution in [2.75, 3.05) is 0 Å². The molecular weight excluding hydrogens is 386 g/mol. The molecule has 0 saturated heterocycles. The first-order valence-electron chi connectivity index (χ1n) is 10.3. The Morgan fingerprint density at radius 3 is 1.93 bits per heavy atom. The minimum absolute atomic E-state index is 0. The highest BCUT2D eigenvalue weighted by molar-refractivity contribution is 7.10. The Labute approximate surface area is 181 Å². The Balaban J connectivity index is 0.00000280. The van der Waals surface area contributed by atoms with E-state index in [1.54, 1.807) is 0 Å². The van der Waals surface area contributed by atoms with Gasteiger partial charge in [0.05, 0.1) is 10.7 Å². The molecule has 1 heterocycles. The second-order valence-corrected chi connectivity index (χ2v) is 11.2. The molecule has 1 fully saturated rings. The molecule has 1 aliphatic carbocycles. The van der Waals surface area contributed by atoms with Gasteiger partial charge in [-0.2, -0.15) is 0 Å². The van der Waals surface area contributed by atoms with E-state index < -0.39 is 0 Å². The maximum atomic E-state index is 11.0. The number of thiazole rings is 1. The Bertz CT molecular complexity index is 785. The number of hydrogen-bond donors (Lipinski definition) is 1. The molecule has 4 heteroatoms. The van der Waals surface area contributed by atoms with Crippen molar-refractivity contribution in [3.05, 3.63) is 33.6 Å². The summed E-state index contributed by atoms with van der Waals surface area (Å²) in [7, 11) is 0. The molecule has 0 amide bonds. The van der Waals surface area contributed by atoms with E-state index in [2.05, 4.69) is 66.0 Å². The van der Waals surface area contributed by atoms with Gasteiger partial charge in [0.25, 0.3) is 0 Å². The lowest BCUT2D eigenvalue weighted by Crippen LogP contribution is -2.20. The zero-order valence-corrected chi connectivity index (χ0v) is 20.1. The maximum absolute atomic E-state index is 11.0. The zero-order valence-electron chi connectivity index (χ0n) is 18.5. The van der Waals surface area contributed by atoms with Crippen LogP contribution in [-0.4, -0.2) is 10.1 Å². The highest BCUT2D eigenvalue weighted by Crippen LogP contribution is 2.47. The Hall–Kier alpha value is -1.06. The summed E-state index contributed by atoms with van der Waals surface area (Å²) in [5.74, 6) is 0.440. The number of aromatic nitrogens is 1. The van der Waals surface area contributed by atoms with Crippen LogP contribution in [-0.2, 0) is 16.2 Å². The minimum atomic E-state index is -0.116. The van der Waals surface area contributed by atoms with Crippen LogP contribution in [0.1, 0.15) is 96.7 Å². The number of halogens is 1. The Morgan fingerprint density at radius 2 is 1.50 bits per heavy atom. The van der Waals surface area contributed by atoms with E-state index in [1.165, 1.54) is 37.1 Å². The molecule has 0 spiro atoms. The predicted octanol–water partition coefficient (Wildman–Crippen LogP) is 7.75. The van der Waals surface area contributed by atoms with Crippen LogP contribution in [0.15, 0.2) is 17.5 Å². The third-order valence-corrected chi connectivity index (χ3v) is 7.31. The van der Waals surface area contributed by atoms with Gasteiger partial charge in [0.2, 0.25) is 0 Å². The Morgan fingerprint density at radius 1 is 1.00 bits per heavy atom. The van der Waals surface area contributed by atoms with Crippen LogP contribution < -0.4 is 0 Å². The fourth-order valence-electron chi connectivity index (χ4n) is 4.35. The summed E-state index contributed by atoms with van der Waals surface area (Å²) >= 11 is 1.82. The average molecular weight is 422 g/mol. The van der Waals surface area contributed by atoms with Gasteiger partial charge in [-0.3, -0.25) is 0 Å². The summed E-state index contributed by atoms with van der Waals surface area (Å²) in [6.07, 6.45) is 6.36. The molecule has 1 N–H and O–H groups in total. The molecule has 2 aromatic rings. The lowest BCUT2D eigenvalue weighted by Gasteiger charge is -2.28. The third-order valence-electron chi connectivity index (χ3n) is 6.22. The second kappa shape index (κ2) is 7.99. The Kier molecular flexibility index (Phi) is 6.63. The molecule has 3 rings (SSSR count). The molecule has 28 heavy (non-hydrogen) atoms. The van der Waals surface area contributed by atoms with E-state index >= 15 is 0 Å². The van der Waals surface area contributed by atoms with Crippen LogP contribution in [0.4, 0.5) is 0 Å². The number of phenols is 1. The van der Waals surface area contributed by atoms with Crippen LogP contribution >= 0.6 is 23.7 Å². The normalized spacial score (nSPS) is 16.8. The number of benzene rings is 1. The monoisotopic (exact) mass is 421 g/mol. The molecule has 2 nitrogen and oxygen atoms in total. The lowest BCUT2D eigenvalue weighted by molar-refractivity contribution is 0.422. The molecule has 0 aliphatic heterocycles. The first-order chi connectivity index (χ1) is 12.5. The summed E-state index contributed by atoms with van der Waals surface area (Å²) in [5, 5.41) is 14.5. The molecule has 1 aliphatic rings. The molecular formula is C24H36ClNOS. The second-order valence-electron chi connectivity index (χ2n) is 10.3. The van der Waals surface area contributed by atoms with E-state index in [0.717, 1.165) is 22.4 Å². The topological polar surface area (TPSA) is 33.1 Å². The number of rotatable bonds is 3. The zero-order chi connectivity index (χ0) is 20.0. The van der Waals surface area contributed by atoms with Crippen LogP contribution in [0.2, 0.25) is 0 Å². The van der Waals surface area contributed by atoms with Crippen LogP contribution in [0.25, 0.3) is 11.3 Å². The standard InChI is InChI=1S/C24H35NOS.ClH/c1-8-24(11-9-10-12-24)21-25-19(15-27-21)16-13-17(22(2,3)4)20(26)18(14-16)23(5,6)7;/h13-15,26H,8-12H2,1-7H3;1H. The summed E-state index contributed by atoms with van der Waals surface area (Å²) in [6, 6.07) is 4.30. The smallest absolute Gasteiger partial charge is 0.123 e. The first-order valence-corrected chi connectivity index (χ1v) is 11.2. The summed E-state index contributed by atoms with van der Waals surface area (Å²) in [4.78, 5) is 5.12. The number of phenolic OH excluding ortho intramolecular Hbond substituents is 1. The molecule has 0 radical (unpaired) electrons. The minimum Gasteiger partial charge on any atom is -0.507 e. The fraction of sp³-hybridized carbons (Fsp3) is 0.625. The third kappa shape index (κ3) is 4.26.